The number of nitrogens with zero attached hydrogens (tertiary/aromatic N) is 1. The van der Waals surface area contributed by atoms with E-state index in [4.69, 9.17) is 9.90 Å². The molecule has 1 N–H and O–H groups in total. The minimum absolute atomic E-state index is 0.250. The normalized spacial score (nSPS) is 12.2. The molecule has 3 heteroatoms. The van der Waals surface area contributed by atoms with Crippen LogP contribution in [0.1, 0.15) is 17.5 Å². The van der Waals surface area contributed by atoms with Crippen molar-refractivity contribution in [1.29, 1.82) is 0 Å². The van der Waals surface area contributed by atoms with Gasteiger partial charge in [0.25, 0.3) is 6.47 Å². The van der Waals surface area contributed by atoms with Crippen LogP contribution in [0.4, 0.5) is 0 Å². The molecule has 2 aromatic rings. The van der Waals surface area contributed by atoms with Crippen molar-refractivity contribution in [2.75, 3.05) is 0 Å². The summed E-state index contributed by atoms with van der Waals surface area (Å²) in [7, 11) is 0. The van der Waals surface area contributed by atoms with Gasteiger partial charge in [0.1, 0.15) is 0 Å². The van der Waals surface area contributed by atoms with Crippen molar-refractivity contribution < 1.29 is 9.90 Å². The third-order valence-corrected chi connectivity index (χ3v) is 3.06. The number of aromatic nitrogens is 1. The second-order valence-electron chi connectivity index (χ2n) is 4.16. The number of carboxylic acid groups (broad SMARTS) is 1. The Morgan fingerprint density at radius 1 is 1.11 bits per heavy atom. The molecule has 92 valence electrons. The summed E-state index contributed by atoms with van der Waals surface area (Å²) in [4.78, 5) is 12.7. The Morgan fingerprint density at radius 3 is 2.61 bits per heavy atom. The molecule has 0 unspecified atom stereocenters. The van der Waals surface area contributed by atoms with Crippen LogP contribution in [-0.4, -0.2) is 16.6 Å². The van der Waals surface area contributed by atoms with Crippen molar-refractivity contribution in [2.45, 2.75) is 19.3 Å². The molecular weight excluding hydrogens is 226 g/mol. The fraction of sp³-hybridized carbons (Fsp3) is 0.200. The number of carbonyl (C=O) groups is 1. The lowest BCUT2D eigenvalue weighted by molar-refractivity contribution is -0.122. The van der Waals surface area contributed by atoms with Gasteiger partial charge in [-0.1, -0.05) is 18.2 Å². The van der Waals surface area contributed by atoms with Crippen LogP contribution < -0.4 is 0 Å². The largest absolute Gasteiger partial charge is 0.483 e. The van der Waals surface area contributed by atoms with Gasteiger partial charge in [0, 0.05) is 11.8 Å². The minimum atomic E-state index is -0.250. The average Bonchev–Trinajstić information content (AvgIpc) is 2.88. The van der Waals surface area contributed by atoms with Crippen molar-refractivity contribution >= 4 is 6.47 Å². The van der Waals surface area contributed by atoms with E-state index in [0.717, 1.165) is 5.69 Å². The fourth-order valence-corrected chi connectivity index (χ4v) is 2.26. The van der Waals surface area contributed by atoms with E-state index < -0.39 is 0 Å². The Hall–Kier alpha value is -2.16. The molecule has 3 rings (SSSR count). The van der Waals surface area contributed by atoms with E-state index in [1.165, 1.54) is 36.0 Å². The van der Waals surface area contributed by atoms with Gasteiger partial charge in [0.15, 0.2) is 0 Å². The van der Waals surface area contributed by atoms with Crippen LogP contribution in [0.2, 0.25) is 0 Å². The molecule has 0 bridgehead atoms. The summed E-state index contributed by atoms with van der Waals surface area (Å²) in [6.07, 6.45) is 5.64. The SMILES string of the molecule is O=CO.c1ccc(-c2ccc3c(c2)CCC3)nc1. The highest BCUT2D eigenvalue weighted by Crippen LogP contribution is 2.26. The Bertz CT molecular complexity index is 523. The first-order valence-electron chi connectivity index (χ1n) is 5.96. The van der Waals surface area contributed by atoms with E-state index in [-0.39, 0.29) is 6.47 Å². The van der Waals surface area contributed by atoms with E-state index in [2.05, 4.69) is 29.2 Å². The number of rotatable bonds is 1. The van der Waals surface area contributed by atoms with Crippen LogP contribution in [-0.2, 0) is 17.6 Å². The second kappa shape index (κ2) is 5.96. The number of pyridine rings is 1. The van der Waals surface area contributed by atoms with Crippen molar-refractivity contribution in [2.24, 2.45) is 0 Å². The zero-order chi connectivity index (χ0) is 12.8. The van der Waals surface area contributed by atoms with E-state index in [0.29, 0.717) is 0 Å². The predicted octanol–water partition coefficient (Wildman–Crippen LogP) is 2.94. The van der Waals surface area contributed by atoms with Crippen LogP contribution in [0.3, 0.4) is 0 Å². The molecule has 0 spiro atoms. The molecule has 1 aromatic heterocycles. The molecule has 0 amide bonds. The molecule has 1 aromatic carbocycles. The number of hydrogen-bond acceptors (Lipinski definition) is 2. The molecule has 0 aliphatic heterocycles. The van der Waals surface area contributed by atoms with Crippen LogP contribution in [0.15, 0.2) is 42.6 Å². The molecule has 0 saturated heterocycles. The Balaban J connectivity index is 0.000000367. The summed E-state index contributed by atoms with van der Waals surface area (Å²) >= 11 is 0. The van der Waals surface area contributed by atoms with E-state index >= 15 is 0 Å². The van der Waals surface area contributed by atoms with Gasteiger partial charge in [-0.05, 0) is 48.6 Å². The standard InChI is InChI=1S/C14H13N.CH2O2/c1-2-9-15-14(6-1)13-8-7-11-4-3-5-12(11)10-13;2-1-3/h1-2,6-10H,3-5H2;1H,(H,2,3). The lowest BCUT2D eigenvalue weighted by Crippen LogP contribution is -1.86. The Morgan fingerprint density at radius 2 is 1.89 bits per heavy atom. The summed E-state index contributed by atoms with van der Waals surface area (Å²) in [5, 5.41) is 6.89. The van der Waals surface area contributed by atoms with Crippen molar-refractivity contribution in [3.05, 3.63) is 53.7 Å². The summed E-state index contributed by atoms with van der Waals surface area (Å²) in [5.74, 6) is 0. The zero-order valence-corrected chi connectivity index (χ0v) is 10.0. The molecule has 0 fully saturated rings. The highest BCUT2D eigenvalue weighted by atomic mass is 16.3. The molecule has 1 aliphatic rings. The highest BCUT2D eigenvalue weighted by molar-refractivity contribution is 5.61. The van der Waals surface area contributed by atoms with Gasteiger partial charge in [0.2, 0.25) is 0 Å². The number of hydrogen-bond donors (Lipinski definition) is 1. The first-order chi connectivity index (χ1) is 8.85. The fourth-order valence-electron chi connectivity index (χ4n) is 2.26. The zero-order valence-electron chi connectivity index (χ0n) is 10.0. The average molecular weight is 241 g/mol. The van der Waals surface area contributed by atoms with Crippen LogP contribution >= 0.6 is 0 Å². The summed E-state index contributed by atoms with van der Waals surface area (Å²) in [5.41, 5.74) is 5.36. The minimum Gasteiger partial charge on any atom is -0.483 e. The Kier molecular flexibility index (Phi) is 4.07. The third-order valence-electron chi connectivity index (χ3n) is 3.06. The number of fused-ring (bicyclic) bond motifs is 1. The van der Waals surface area contributed by atoms with Crippen LogP contribution in [0.5, 0.6) is 0 Å². The van der Waals surface area contributed by atoms with Gasteiger partial charge in [-0.3, -0.25) is 9.78 Å². The van der Waals surface area contributed by atoms with Crippen LogP contribution in [0.25, 0.3) is 11.3 Å². The monoisotopic (exact) mass is 241 g/mol. The van der Waals surface area contributed by atoms with Gasteiger partial charge < -0.3 is 5.11 Å². The second-order valence-corrected chi connectivity index (χ2v) is 4.16. The first-order valence-corrected chi connectivity index (χ1v) is 5.96. The molecule has 3 nitrogen and oxygen atoms in total. The molecule has 0 atom stereocenters. The van der Waals surface area contributed by atoms with Gasteiger partial charge in [0.05, 0.1) is 5.69 Å². The van der Waals surface area contributed by atoms with E-state index in [1.54, 1.807) is 0 Å². The van der Waals surface area contributed by atoms with Gasteiger partial charge >= 0.3 is 0 Å². The lowest BCUT2D eigenvalue weighted by Gasteiger charge is -2.03. The van der Waals surface area contributed by atoms with Gasteiger partial charge in [-0.15, -0.1) is 0 Å². The maximum atomic E-state index is 8.36. The molecule has 1 heterocycles. The first kappa shape index (κ1) is 12.3. The van der Waals surface area contributed by atoms with Crippen molar-refractivity contribution in [3.63, 3.8) is 0 Å². The van der Waals surface area contributed by atoms with Gasteiger partial charge in [-0.2, -0.15) is 0 Å². The highest BCUT2D eigenvalue weighted by Gasteiger charge is 2.11. The number of benzene rings is 1. The number of aryl methyl sites for hydroxylation is 2. The molecular formula is C15H15NO2. The Labute approximate surface area is 106 Å². The maximum absolute atomic E-state index is 8.36. The smallest absolute Gasteiger partial charge is 0.290 e. The molecule has 0 saturated carbocycles. The molecule has 1 aliphatic carbocycles. The van der Waals surface area contributed by atoms with E-state index in [9.17, 15) is 0 Å². The topological polar surface area (TPSA) is 50.2 Å². The maximum Gasteiger partial charge on any atom is 0.290 e. The summed E-state index contributed by atoms with van der Waals surface area (Å²) < 4.78 is 0. The predicted molar refractivity (Wildman–Crippen MR) is 70.4 cm³/mol. The lowest BCUT2D eigenvalue weighted by atomic mass is 10.0. The molecule has 0 radical (unpaired) electrons. The van der Waals surface area contributed by atoms with Crippen molar-refractivity contribution in [3.8, 4) is 11.3 Å². The summed E-state index contributed by atoms with van der Waals surface area (Å²) in [6.45, 7) is -0.250. The van der Waals surface area contributed by atoms with Gasteiger partial charge in [-0.25, -0.2) is 0 Å². The van der Waals surface area contributed by atoms with E-state index in [1.807, 2.05) is 18.3 Å². The van der Waals surface area contributed by atoms with Crippen LogP contribution in [0, 0.1) is 0 Å². The summed E-state index contributed by atoms with van der Waals surface area (Å²) in [6, 6.07) is 12.8. The molecule has 18 heavy (non-hydrogen) atoms. The van der Waals surface area contributed by atoms with Crippen molar-refractivity contribution in [1.82, 2.24) is 4.98 Å². The quantitative estimate of drug-likeness (QED) is 0.781. The third kappa shape index (κ3) is 2.74.